The second-order valence-corrected chi connectivity index (χ2v) is 7.30. The van der Waals surface area contributed by atoms with Crippen molar-refractivity contribution in [1.29, 1.82) is 0 Å². The van der Waals surface area contributed by atoms with Crippen molar-refractivity contribution in [1.82, 2.24) is 0 Å². The highest BCUT2D eigenvalue weighted by Crippen LogP contribution is 2.42. The first kappa shape index (κ1) is 30.6. The maximum Gasteiger partial charge on any atom is 0.573 e. The lowest BCUT2D eigenvalue weighted by molar-refractivity contribution is -0.274. The van der Waals surface area contributed by atoms with Gasteiger partial charge in [0.05, 0.1) is 11.7 Å². The van der Waals surface area contributed by atoms with Gasteiger partial charge in [-0.25, -0.2) is 0 Å². The lowest BCUT2D eigenvalue weighted by atomic mass is 10.0. The standard InChI is InChI=1S/C23H16F7NO3.2C2H6/c24-21(25)22(26,27)33-15-6-2-5-14(11-15)19-12-32-20-17(8-3-9-18(20)31-19)13-4-1-7-16(10-13)34-23(28,29)30;2*1-2/h1-11,19,21,31H,12H2;2*1-2H3. The Morgan fingerprint density at radius 3 is 2.05 bits per heavy atom. The molecule has 0 spiro atoms. The third-order valence-electron chi connectivity index (χ3n) is 4.89. The van der Waals surface area contributed by atoms with Crippen LogP contribution in [0.1, 0.15) is 39.3 Å². The summed E-state index contributed by atoms with van der Waals surface area (Å²) in [5, 5.41) is 3.16. The van der Waals surface area contributed by atoms with Crippen molar-refractivity contribution in [2.45, 2.75) is 52.6 Å². The molecular weight excluding hydrogens is 519 g/mol. The summed E-state index contributed by atoms with van der Waals surface area (Å²) in [6.45, 7) is 8.03. The van der Waals surface area contributed by atoms with Gasteiger partial charge in [-0.05, 0) is 41.5 Å². The minimum Gasteiger partial charge on any atom is -0.488 e. The normalized spacial score (nSPS) is 14.5. The van der Waals surface area contributed by atoms with Crippen LogP contribution in [0.5, 0.6) is 17.2 Å². The Morgan fingerprint density at radius 2 is 1.42 bits per heavy atom. The van der Waals surface area contributed by atoms with Gasteiger partial charge in [-0.3, -0.25) is 0 Å². The SMILES string of the molecule is CC.CC.FC(F)C(F)(F)Oc1cccc(C2COc3c(cccc3-c3cccc(OC(F)(F)F)c3)N2)c1. The van der Waals surface area contributed by atoms with Crippen LogP contribution in [-0.4, -0.2) is 25.5 Å². The van der Waals surface area contributed by atoms with Gasteiger partial charge in [0, 0.05) is 5.56 Å². The third kappa shape index (κ3) is 7.93. The summed E-state index contributed by atoms with van der Waals surface area (Å²) in [5.74, 6) is -0.452. The molecule has 1 N–H and O–H groups in total. The first-order valence-corrected chi connectivity index (χ1v) is 11.9. The zero-order chi connectivity index (χ0) is 28.5. The molecule has 3 aromatic carbocycles. The number of para-hydroxylation sites is 1. The van der Waals surface area contributed by atoms with Gasteiger partial charge in [0.1, 0.15) is 23.9 Å². The van der Waals surface area contributed by atoms with Gasteiger partial charge >= 0.3 is 18.9 Å². The lowest BCUT2D eigenvalue weighted by Gasteiger charge is -2.29. The second kappa shape index (κ2) is 13.3. The zero-order valence-electron chi connectivity index (χ0n) is 21.1. The van der Waals surface area contributed by atoms with Crippen LogP contribution in [0.4, 0.5) is 36.4 Å². The average Bonchev–Trinajstić information content (AvgIpc) is 2.89. The van der Waals surface area contributed by atoms with Crippen LogP contribution in [0, 0.1) is 0 Å². The molecule has 0 saturated heterocycles. The minimum atomic E-state index is -4.84. The van der Waals surface area contributed by atoms with Gasteiger partial charge in [0.2, 0.25) is 0 Å². The van der Waals surface area contributed by atoms with E-state index in [1.807, 2.05) is 27.7 Å². The smallest absolute Gasteiger partial charge is 0.488 e. The summed E-state index contributed by atoms with van der Waals surface area (Å²) in [6.07, 6.45) is -13.5. The summed E-state index contributed by atoms with van der Waals surface area (Å²) in [7, 11) is 0. The number of fused-ring (bicyclic) bond motifs is 1. The number of hydrogen-bond donors (Lipinski definition) is 1. The van der Waals surface area contributed by atoms with Gasteiger partial charge in [-0.1, -0.05) is 64.1 Å². The molecule has 0 bridgehead atoms. The highest BCUT2D eigenvalue weighted by molar-refractivity contribution is 5.79. The number of rotatable bonds is 6. The molecule has 3 aromatic rings. The Balaban J connectivity index is 0.00000121. The van der Waals surface area contributed by atoms with E-state index in [-0.39, 0.29) is 12.4 Å². The largest absolute Gasteiger partial charge is 0.573 e. The van der Waals surface area contributed by atoms with Gasteiger partial charge < -0.3 is 19.5 Å². The fraction of sp³-hybridized carbons (Fsp3) is 0.333. The van der Waals surface area contributed by atoms with Crippen LogP contribution >= 0.6 is 0 Å². The molecule has 38 heavy (non-hydrogen) atoms. The monoisotopic (exact) mass is 547 g/mol. The van der Waals surface area contributed by atoms with Crippen molar-refractivity contribution in [3.63, 3.8) is 0 Å². The quantitative estimate of drug-likeness (QED) is 0.313. The van der Waals surface area contributed by atoms with Crippen molar-refractivity contribution in [3.05, 3.63) is 72.3 Å². The van der Waals surface area contributed by atoms with Crippen molar-refractivity contribution in [2.24, 2.45) is 0 Å². The first-order chi connectivity index (χ1) is 18.0. The van der Waals surface area contributed by atoms with Crippen LogP contribution in [-0.2, 0) is 0 Å². The summed E-state index contributed by atoms with van der Waals surface area (Å²) < 4.78 is 103. The number of ether oxygens (including phenoxy) is 3. The zero-order valence-corrected chi connectivity index (χ0v) is 21.1. The van der Waals surface area contributed by atoms with Crippen LogP contribution in [0.15, 0.2) is 66.7 Å². The van der Waals surface area contributed by atoms with Crippen molar-refractivity contribution < 1.29 is 44.9 Å². The molecule has 0 aromatic heterocycles. The van der Waals surface area contributed by atoms with E-state index in [1.165, 1.54) is 30.3 Å². The van der Waals surface area contributed by atoms with Crippen LogP contribution in [0.2, 0.25) is 0 Å². The average molecular weight is 548 g/mol. The van der Waals surface area contributed by atoms with E-state index in [4.69, 9.17) is 4.74 Å². The number of alkyl halides is 7. The van der Waals surface area contributed by atoms with E-state index >= 15 is 0 Å². The van der Waals surface area contributed by atoms with Gasteiger partial charge in [-0.15, -0.1) is 13.2 Å². The van der Waals surface area contributed by atoms with E-state index in [2.05, 4.69) is 14.8 Å². The summed E-state index contributed by atoms with van der Waals surface area (Å²) >= 11 is 0. The number of hydrogen-bond acceptors (Lipinski definition) is 4. The van der Waals surface area contributed by atoms with Crippen molar-refractivity contribution >= 4 is 5.69 Å². The predicted molar refractivity (Wildman–Crippen MR) is 131 cm³/mol. The Morgan fingerprint density at radius 1 is 0.816 bits per heavy atom. The molecule has 208 valence electrons. The Labute approximate surface area is 216 Å². The molecule has 0 fully saturated rings. The van der Waals surface area contributed by atoms with E-state index in [0.29, 0.717) is 28.1 Å². The van der Waals surface area contributed by atoms with E-state index in [0.717, 1.165) is 6.07 Å². The number of halogens is 7. The molecule has 11 heteroatoms. The predicted octanol–water partition coefficient (Wildman–Crippen LogP) is 9.09. The highest BCUT2D eigenvalue weighted by atomic mass is 19.4. The Kier molecular flexibility index (Phi) is 10.7. The van der Waals surface area contributed by atoms with Crippen molar-refractivity contribution in [2.75, 3.05) is 11.9 Å². The Bertz CT molecular complexity index is 1170. The number of nitrogens with one attached hydrogen (secondary N) is 1. The molecule has 1 aliphatic heterocycles. The van der Waals surface area contributed by atoms with Crippen LogP contribution < -0.4 is 19.5 Å². The van der Waals surface area contributed by atoms with Crippen LogP contribution in [0.25, 0.3) is 11.1 Å². The van der Waals surface area contributed by atoms with Crippen molar-refractivity contribution in [3.8, 4) is 28.4 Å². The molecule has 0 aliphatic carbocycles. The summed E-state index contributed by atoms with van der Waals surface area (Å²) in [5.41, 5.74) is 1.87. The van der Waals surface area contributed by atoms with E-state index < -0.39 is 30.7 Å². The minimum absolute atomic E-state index is 0.0252. The molecule has 4 nitrogen and oxygen atoms in total. The molecule has 1 heterocycles. The molecule has 1 atom stereocenters. The van der Waals surface area contributed by atoms with E-state index in [9.17, 15) is 30.7 Å². The van der Waals surface area contributed by atoms with Gasteiger partial charge in [-0.2, -0.15) is 17.6 Å². The van der Waals surface area contributed by atoms with E-state index in [1.54, 1.807) is 30.3 Å². The molecule has 1 unspecified atom stereocenters. The number of anilines is 1. The maximum absolute atomic E-state index is 13.2. The Hall–Kier alpha value is -3.63. The summed E-state index contributed by atoms with van der Waals surface area (Å²) in [6, 6.07) is 15.2. The topological polar surface area (TPSA) is 39.7 Å². The maximum atomic E-state index is 13.2. The fourth-order valence-corrected chi connectivity index (χ4v) is 3.47. The molecule has 1 aliphatic rings. The van der Waals surface area contributed by atoms with Crippen LogP contribution in [0.3, 0.4) is 0 Å². The van der Waals surface area contributed by atoms with Gasteiger partial charge in [0.25, 0.3) is 0 Å². The fourth-order valence-electron chi connectivity index (χ4n) is 3.47. The molecule has 0 radical (unpaired) electrons. The lowest BCUT2D eigenvalue weighted by Crippen LogP contribution is -2.33. The molecule has 0 saturated carbocycles. The first-order valence-electron chi connectivity index (χ1n) is 11.9. The molecule has 4 rings (SSSR count). The number of benzene rings is 3. The molecule has 0 amide bonds. The highest BCUT2D eigenvalue weighted by Gasteiger charge is 2.44. The third-order valence-corrected chi connectivity index (χ3v) is 4.89. The molecular formula is C27H28F7NO3. The summed E-state index contributed by atoms with van der Waals surface area (Å²) in [4.78, 5) is 0. The van der Waals surface area contributed by atoms with Gasteiger partial charge in [0.15, 0.2) is 0 Å². The second-order valence-electron chi connectivity index (χ2n) is 7.30.